The number of likely N-dealkylation sites (tertiary alicyclic amines) is 1. The Kier molecular flexibility index (Phi) is 10.1. The van der Waals surface area contributed by atoms with Gasteiger partial charge in [0.1, 0.15) is 12.1 Å². The number of aliphatic carboxylic acids is 1. The normalized spacial score (nSPS) is 20.2. The van der Waals surface area contributed by atoms with E-state index in [1.165, 1.54) is 0 Å². The molecular weight excluding hydrogens is 412 g/mol. The molecule has 0 saturated carbocycles. The molecule has 6 N–H and O–H groups in total. The van der Waals surface area contributed by atoms with Gasteiger partial charge in [-0.05, 0) is 37.3 Å². The van der Waals surface area contributed by atoms with Gasteiger partial charge in [-0.3, -0.25) is 14.5 Å². The molecule has 1 aromatic rings. The van der Waals surface area contributed by atoms with Crippen molar-refractivity contribution in [3.63, 3.8) is 0 Å². The fourth-order valence-electron chi connectivity index (χ4n) is 4.02. The first-order chi connectivity index (χ1) is 15.3. The molecule has 1 fully saturated rings. The van der Waals surface area contributed by atoms with Crippen LogP contribution in [-0.4, -0.2) is 76.8 Å². The van der Waals surface area contributed by atoms with Crippen LogP contribution in [0.2, 0.25) is 0 Å². The Balaban J connectivity index is 2.01. The van der Waals surface area contributed by atoms with E-state index in [0.717, 1.165) is 18.5 Å². The topological polar surface area (TPSA) is 145 Å². The van der Waals surface area contributed by atoms with Crippen molar-refractivity contribution in [3.05, 3.63) is 35.9 Å². The fourth-order valence-corrected chi connectivity index (χ4v) is 4.02. The number of hydrogen-bond acceptors (Lipinski definition) is 6. The number of carboxylic acids is 1. The van der Waals surface area contributed by atoms with Crippen molar-refractivity contribution in [2.75, 3.05) is 19.7 Å². The van der Waals surface area contributed by atoms with Crippen LogP contribution in [0.15, 0.2) is 30.3 Å². The molecule has 2 amide bonds. The highest BCUT2D eigenvalue weighted by Gasteiger charge is 2.35. The Morgan fingerprint density at radius 2 is 1.91 bits per heavy atom. The maximum absolute atomic E-state index is 13.1. The summed E-state index contributed by atoms with van der Waals surface area (Å²) < 4.78 is 0. The van der Waals surface area contributed by atoms with Gasteiger partial charge >= 0.3 is 5.97 Å². The lowest BCUT2D eigenvalue weighted by Gasteiger charge is -2.30. The molecular formula is C23H36N4O5. The first kappa shape index (κ1) is 25.8. The van der Waals surface area contributed by atoms with Gasteiger partial charge in [-0.1, -0.05) is 50.6 Å². The number of nitrogens with one attached hydrogen (secondary N) is 2. The third kappa shape index (κ3) is 7.29. The van der Waals surface area contributed by atoms with Gasteiger partial charge < -0.3 is 26.6 Å². The highest BCUT2D eigenvalue weighted by molar-refractivity contribution is 5.92. The summed E-state index contributed by atoms with van der Waals surface area (Å²) in [6.07, 6.45) is 2.86. The molecule has 1 heterocycles. The van der Waals surface area contributed by atoms with Gasteiger partial charge in [0.25, 0.3) is 0 Å². The quantitative estimate of drug-likeness (QED) is 0.305. The van der Waals surface area contributed by atoms with E-state index >= 15 is 0 Å². The fraction of sp³-hybridized carbons (Fsp3) is 0.609. The van der Waals surface area contributed by atoms with Crippen LogP contribution < -0.4 is 16.4 Å². The van der Waals surface area contributed by atoms with Crippen molar-refractivity contribution in [2.24, 2.45) is 11.7 Å². The van der Waals surface area contributed by atoms with Gasteiger partial charge in [-0.25, -0.2) is 4.79 Å². The summed E-state index contributed by atoms with van der Waals surface area (Å²) in [5, 5.41) is 23.4. The minimum Gasteiger partial charge on any atom is -0.480 e. The first-order valence-corrected chi connectivity index (χ1v) is 11.2. The molecule has 9 nitrogen and oxygen atoms in total. The number of nitrogens with zero attached hydrogens (tertiary/aromatic N) is 1. The molecule has 178 valence electrons. The van der Waals surface area contributed by atoms with Gasteiger partial charge in [-0.15, -0.1) is 0 Å². The average molecular weight is 449 g/mol. The van der Waals surface area contributed by atoms with E-state index in [2.05, 4.69) is 15.5 Å². The van der Waals surface area contributed by atoms with Crippen molar-refractivity contribution in [3.8, 4) is 0 Å². The predicted octanol–water partition coefficient (Wildman–Crippen LogP) is 0.113. The van der Waals surface area contributed by atoms with Crippen LogP contribution in [0.25, 0.3) is 0 Å². The lowest BCUT2D eigenvalue weighted by Crippen LogP contribution is -2.58. The van der Waals surface area contributed by atoms with Gasteiger partial charge in [0.05, 0.1) is 12.6 Å². The molecule has 0 radical (unpaired) electrons. The number of rotatable bonds is 12. The third-order valence-electron chi connectivity index (χ3n) is 6.07. The van der Waals surface area contributed by atoms with Crippen LogP contribution in [0.1, 0.15) is 38.7 Å². The summed E-state index contributed by atoms with van der Waals surface area (Å²) in [6.45, 7) is 4.31. The number of aliphatic hydroxyl groups excluding tert-OH is 1. The Bertz CT molecular complexity index is 760. The van der Waals surface area contributed by atoms with E-state index in [9.17, 15) is 19.5 Å². The SMILES string of the molecule is CC[C@H](C)[C@H](NC(=O)[C@@H]1CCCN1C[C@@H](N)Cc1ccccc1)C(=O)N[C@@H](CO)C(=O)O. The van der Waals surface area contributed by atoms with Gasteiger partial charge in [0.2, 0.25) is 11.8 Å². The minimum absolute atomic E-state index is 0.125. The summed E-state index contributed by atoms with van der Waals surface area (Å²) in [6, 6.07) is 7.15. The number of nitrogens with two attached hydrogens (primary N) is 1. The summed E-state index contributed by atoms with van der Waals surface area (Å²) >= 11 is 0. The number of carbonyl (C=O) groups excluding carboxylic acids is 2. The maximum Gasteiger partial charge on any atom is 0.328 e. The lowest BCUT2D eigenvalue weighted by molar-refractivity contribution is -0.143. The molecule has 1 aliphatic heterocycles. The molecule has 0 aromatic heterocycles. The second-order valence-corrected chi connectivity index (χ2v) is 8.56. The zero-order valence-corrected chi connectivity index (χ0v) is 18.9. The van der Waals surface area contributed by atoms with Gasteiger partial charge in [0.15, 0.2) is 0 Å². The zero-order valence-electron chi connectivity index (χ0n) is 18.9. The Hall–Kier alpha value is -2.49. The van der Waals surface area contributed by atoms with Crippen LogP contribution in [0.4, 0.5) is 0 Å². The molecule has 0 bridgehead atoms. The number of carboxylic acid groups (broad SMARTS) is 1. The molecule has 0 unspecified atom stereocenters. The first-order valence-electron chi connectivity index (χ1n) is 11.2. The van der Waals surface area contributed by atoms with E-state index in [-0.39, 0.29) is 23.9 Å². The Labute approximate surface area is 189 Å². The summed E-state index contributed by atoms with van der Waals surface area (Å²) in [5.41, 5.74) is 7.49. The third-order valence-corrected chi connectivity index (χ3v) is 6.07. The van der Waals surface area contributed by atoms with Crippen molar-refractivity contribution in [1.29, 1.82) is 0 Å². The lowest BCUT2D eigenvalue weighted by atomic mass is 9.97. The second-order valence-electron chi connectivity index (χ2n) is 8.56. The monoisotopic (exact) mass is 448 g/mol. The van der Waals surface area contributed by atoms with E-state index in [1.807, 2.05) is 44.2 Å². The van der Waals surface area contributed by atoms with E-state index in [4.69, 9.17) is 10.8 Å². The molecule has 1 aliphatic rings. The second kappa shape index (κ2) is 12.5. The number of amides is 2. The predicted molar refractivity (Wildman–Crippen MR) is 121 cm³/mol. The molecule has 1 saturated heterocycles. The van der Waals surface area contributed by atoms with E-state index < -0.39 is 30.6 Å². The number of benzene rings is 1. The van der Waals surface area contributed by atoms with Crippen molar-refractivity contribution < 1.29 is 24.6 Å². The number of carbonyl (C=O) groups is 3. The number of hydrogen-bond donors (Lipinski definition) is 5. The maximum atomic E-state index is 13.1. The van der Waals surface area contributed by atoms with Crippen LogP contribution in [0.3, 0.4) is 0 Å². The summed E-state index contributed by atoms with van der Waals surface area (Å²) in [7, 11) is 0. The molecule has 0 spiro atoms. The van der Waals surface area contributed by atoms with Crippen LogP contribution in [0.5, 0.6) is 0 Å². The van der Waals surface area contributed by atoms with E-state index in [0.29, 0.717) is 25.8 Å². The minimum atomic E-state index is -1.41. The molecule has 2 rings (SSSR count). The van der Waals surface area contributed by atoms with Crippen molar-refractivity contribution >= 4 is 17.8 Å². The van der Waals surface area contributed by atoms with Gasteiger partial charge in [-0.2, -0.15) is 0 Å². The van der Waals surface area contributed by atoms with Crippen molar-refractivity contribution in [1.82, 2.24) is 15.5 Å². The highest BCUT2D eigenvalue weighted by Crippen LogP contribution is 2.19. The smallest absolute Gasteiger partial charge is 0.328 e. The molecule has 0 aliphatic carbocycles. The van der Waals surface area contributed by atoms with Crippen LogP contribution in [-0.2, 0) is 20.8 Å². The van der Waals surface area contributed by atoms with Crippen LogP contribution in [0, 0.1) is 5.92 Å². The molecule has 5 atom stereocenters. The largest absolute Gasteiger partial charge is 0.480 e. The standard InChI is InChI=1S/C23H36N4O5/c1-3-15(2)20(22(30)25-18(14-28)23(31)32)26-21(29)19-10-7-11-27(19)13-17(24)12-16-8-5-4-6-9-16/h4-6,8-9,15,17-20,28H,3,7,10-14,24H2,1-2H3,(H,25,30)(H,26,29)(H,31,32)/t15-,17-,18-,19-,20-/m0/s1. The zero-order chi connectivity index (χ0) is 23.7. The summed E-state index contributed by atoms with van der Waals surface area (Å²) in [5.74, 6) is -2.41. The Morgan fingerprint density at radius 1 is 1.22 bits per heavy atom. The van der Waals surface area contributed by atoms with E-state index in [1.54, 1.807) is 0 Å². The Morgan fingerprint density at radius 3 is 2.50 bits per heavy atom. The average Bonchev–Trinajstić information content (AvgIpc) is 3.23. The highest BCUT2D eigenvalue weighted by atomic mass is 16.4. The van der Waals surface area contributed by atoms with Crippen LogP contribution >= 0.6 is 0 Å². The molecule has 32 heavy (non-hydrogen) atoms. The van der Waals surface area contributed by atoms with Crippen molar-refractivity contribution in [2.45, 2.75) is 63.7 Å². The van der Waals surface area contributed by atoms with Gasteiger partial charge in [0, 0.05) is 12.6 Å². The molecule has 9 heteroatoms. The number of aliphatic hydroxyl groups is 1. The molecule has 1 aromatic carbocycles. The summed E-state index contributed by atoms with van der Waals surface area (Å²) in [4.78, 5) is 39.0.